The van der Waals surface area contributed by atoms with E-state index in [9.17, 15) is 18.3 Å². The van der Waals surface area contributed by atoms with Crippen LogP contribution in [-0.4, -0.2) is 15.3 Å². The minimum absolute atomic E-state index is 0.164. The van der Waals surface area contributed by atoms with Gasteiger partial charge in [0.05, 0.1) is 22.7 Å². The first-order valence-electron chi connectivity index (χ1n) is 3.72. The zero-order valence-corrected chi connectivity index (χ0v) is 6.76. The molecule has 0 atom stereocenters. The molecule has 0 aliphatic rings. The van der Waals surface area contributed by atoms with Crippen molar-refractivity contribution in [3.63, 3.8) is 0 Å². The molecule has 1 aromatic carbocycles. The van der Waals surface area contributed by atoms with E-state index in [0.29, 0.717) is 6.07 Å². The van der Waals surface area contributed by atoms with Gasteiger partial charge in [0.2, 0.25) is 0 Å². The maximum atomic E-state index is 12.3. The average Bonchev–Trinajstić information content (AvgIpc) is 2.50. The topological polar surface area (TPSA) is 48.9 Å². The van der Waals surface area contributed by atoms with Crippen LogP contribution in [0.4, 0.5) is 13.2 Å². The third-order valence-corrected chi connectivity index (χ3v) is 1.86. The number of benzene rings is 1. The number of halogens is 3. The van der Waals surface area contributed by atoms with E-state index >= 15 is 0 Å². The Hall–Kier alpha value is -1.72. The van der Waals surface area contributed by atoms with Crippen LogP contribution in [0.5, 0.6) is 5.75 Å². The Kier molecular flexibility index (Phi) is 1.67. The summed E-state index contributed by atoms with van der Waals surface area (Å²) in [5.41, 5.74) is -0.732. The molecule has 6 heteroatoms. The number of fused-ring (bicyclic) bond motifs is 1. The molecule has 0 unspecified atom stereocenters. The number of phenolic OH excluding ortho intramolecular Hbond substituents is 1. The van der Waals surface area contributed by atoms with E-state index in [1.807, 2.05) is 0 Å². The molecule has 0 fully saturated rings. The quantitative estimate of drug-likeness (QED) is 0.688. The van der Waals surface area contributed by atoms with Gasteiger partial charge in [0, 0.05) is 0 Å². The number of aromatic hydroxyl groups is 1. The van der Waals surface area contributed by atoms with Crippen molar-refractivity contribution < 1.29 is 18.3 Å². The number of rotatable bonds is 0. The Morgan fingerprint density at radius 2 is 2.00 bits per heavy atom. The smallest absolute Gasteiger partial charge is 0.416 e. The zero-order chi connectivity index (χ0) is 10.3. The van der Waals surface area contributed by atoms with Gasteiger partial charge in [-0.05, 0) is 12.1 Å². The van der Waals surface area contributed by atoms with Gasteiger partial charge in [-0.3, -0.25) is 5.10 Å². The van der Waals surface area contributed by atoms with Gasteiger partial charge in [-0.2, -0.15) is 18.3 Å². The lowest BCUT2D eigenvalue weighted by Crippen LogP contribution is -2.04. The van der Waals surface area contributed by atoms with Crippen LogP contribution < -0.4 is 0 Å². The highest BCUT2D eigenvalue weighted by atomic mass is 19.4. The molecule has 2 aromatic rings. The average molecular weight is 202 g/mol. The van der Waals surface area contributed by atoms with Crippen LogP contribution in [0.3, 0.4) is 0 Å². The molecule has 0 saturated carbocycles. The number of hydrogen-bond donors (Lipinski definition) is 2. The molecule has 0 amide bonds. The van der Waals surface area contributed by atoms with Crippen molar-refractivity contribution in [3.05, 3.63) is 23.9 Å². The number of nitrogens with zero attached hydrogens (tertiary/aromatic N) is 1. The highest BCUT2D eigenvalue weighted by molar-refractivity contribution is 5.85. The minimum Gasteiger partial charge on any atom is -0.507 e. The molecular formula is C8H5F3N2O. The second-order valence-corrected chi connectivity index (χ2v) is 2.82. The van der Waals surface area contributed by atoms with Crippen LogP contribution in [0.2, 0.25) is 0 Å². The second-order valence-electron chi connectivity index (χ2n) is 2.82. The Bertz CT molecular complexity index is 475. The monoisotopic (exact) mass is 202 g/mol. The van der Waals surface area contributed by atoms with E-state index < -0.39 is 17.5 Å². The van der Waals surface area contributed by atoms with Gasteiger partial charge < -0.3 is 5.11 Å². The number of aromatic amines is 1. The van der Waals surface area contributed by atoms with Crippen molar-refractivity contribution in [1.82, 2.24) is 10.2 Å². The van der Waals surface area contributed by atoms with Crippen LogP contribution >= 0.6 is 0 Å². The van der Waals surface area contributed by atoms with Gasteiger partial charge in [-0.15, -0.1) is 0 Å². The summed E-state index contributed by atoms with van der Waals surface area (Å²) in [5, 5.41) is 15.4. The maximum absolute atomic E-state index is 12.3. The Morgan fingerprint density at radius 3 is 2.64 bits per heavy atom. The second kappa shape index (κ2) is 2.63. The van der Waals surface area contributed by atoms with Crippen LogP contribution in [0.25, 0.3) is 10.9 Å². The molecule has 1 heterocycles. The summed E-state index contributed by atoms with van der Waals surface area (Å²) < 4.78 is 36.8. The number of phenols is 1. The van der Waals surface area contributed by atoms with Gasteiger partial charge >= 0.3 is 6.18 Å². The molecule has 3 nitrogen and oxygen atoms in total. The molecule has 14 heavy (non-hydrogen) atoms. The van der Waals surface area contributed by atoms with Gasteiger partial charge in [0.25, 0.3) is 0 Å². The maximum Gasteiger partial charge on any atom is 0.416 e. The van der Waals surface area contributed by atoms with Gasteiger partial charge in [-0.1, -0.05) is 0 Å². The first kappa shape index (κ1) is 8.86. The van der Waals surface area contributed by atoms with E-state index in [-0.39, 0.29) is 10.9 Å². The summed E-state index contributed by atoms with van der Waals surface area (Å²) in [7, 11) is 0. The molecule has 0 spiro atoms. The third-order valence-electron chi connectivity index (χ3n) is 1.86. The van der Waals surface area contributed by atoms with Gasteiger partial charge in [0.15, 0.2) is 0 Å². The highest BCUT2D eigenvalue weighted by Crippen LogP contribution is 2.34. The van der Waals surface area contributed by atoms with Gasteiger partial charge in [0.1, 0.15) is 5.75 Å². The SMILES string of the molecule is Oc1cc(C(F)(F)F)cc2[nH]ncc12. The number of alkyl halides is 3. The zero-order valence-electron chi connectivity index (χ0n) is 6.76. The largest absolute Gasteiger partial charge is 0.507 e. The first-order valence-corrected chi connectivity index (χ1v) is 3.72. The number of aromatic nitrogens is 2. The van der Waals surface area contributed by atoms with Crippen LogP contribution in [0.1, 0.15) is 5.56 Å². The van der Waals surface area contributed by atoms with E-state index in [0.717, 1.165) is 6.07 Å². The summed E-state index contributed by atoms with van der Waals surface area (Å²) in [6.07, 6.45) is -3.19. The summed E-state index contributed by atoms with van der Waals surface area (Å²) in [4.78, 5) is 0. The highest BCUT2D eigenvalue weighted by Gasteiger charge is 2.31. The van der Waals surface area contributed by atoms with E-state index in [4.69, 9.17) is 0 Å². The van der Waals surface area contributed by atoms with E-state index in [1.54, 1.807) is 0 Å². The fourth-order valence-corrected chi connectivity index (χ4v) is 1.20. The number of H-pyrrole nitrogens is 1. The minimum atomic E-state index is -4.46. The van der Waals surface area contributed by atoms with Crippen LogP contribution in [-0.2, 0) is 6.18 Å². The fourth-order valence-electron chi connectivity index (χ4n) is 1.20. The molecule has 0 saturated heterocycles. The molecular weight excluding hydrogens is 197 g/mol. The van der Waals surface area contributed by atoms with Crippen molar-refractivity contribution in [2.24, 2.45) is 0 Å². The van der Waals surface area contributed by atoms with Crippen molar-refractivity contribution in [2.75, 3.05) is 0 Å². The molecule has 74 valence electrons. The molecule has 0 aliphatic heterocycles. The molecule has 1 aromatic heterocycles. The third kappa shape index (κ3) is 1.28. The number of nitrogens with one attached hydrogen (secondary N) is 1. The van der Waals surface area contributed by atoms with Gasteiger partial charge in [-0.25, -0.2) is 0 Å². The molecule has 0 radical (unpaired) electrons. The van der Waals surface area contributed by atoms with Crippen LogP contribution in [0, 0.1) is 0 Å². The van der Waals surface area contributed by atoms with Crippen LogP contribution in [0.15, 0.2) is 18.3 Å². The fraction of sp³-hybridized carbons (Fsp3) is 0.125. The Labute approximate surface area is 76.2 Å². The normalized spacial score (nSPS) is 12.2. The Balaban J connectivity index is 2.70. The Morgan fingerprint density at radius 1 is 1.29 bits per heavy atom. The lowest BCUT2D eigenvalue weighted by atomic mass is 10.1. The lowest BCUT2D eigenvalue weighted by molar-refractivity contribution is -0.137. The molecule has 0 bridgehead atoms. The standard InChI is InChI=1S/C8H5F3N2O/c9-8(10,11)4-1-6-5(3-12-13-6)7(14)2-4/h1-3,14H,(H,12,13). The molecule has 2 rings (SSSR count). The summed E-state index contributed by atoms with van der Waals surface area (Å²) in [6, 6.07) is 1.58. The molecule has 2 N–H and O–H groups in total. The van der Waals surface area contributed by atoms with Crippen molar-refractivity contribution in [3.8, 4) is 5.75 Å². The van der Waals surface area contributed by atoms with E-state index in [2.05, 4.69) is 10.2 Å². The van der Waals surface area contributed by atoms with E-state index in [1.165, 1.54) is 6.20 Å². The summed E-state index contributed by atoms with van der Waals surface area (Å²) in [5.74, 6) is -0.427. The summed E-state index contributed by atoms with van der Waals surface area (Å²) in [6.45, 7) is 0. The predicted octanol–water partition coefficient (Wildman–Crippen LogP) is 2.29. The van der Waals surface area contributed by atoms with Crippen molar-refractivity contribution in [1.29, 1.82) is 0 Å². The number of hydrogen-bond acceptors (Lipinski definition) is 2. The van der Waals surface area contributed by atoms with Crippen molar-refractivity contribution >= 4 is 10.9 Å². The first-order chi connectivity index (χ1) is 6.48. The molecule has 0 aliphatic carbocycles. The predicted molar refractivity (Wildman–Crippen MR) is 42.8 cm³/mol. The van der Waals surface area contributed by atoms with Crippen molar-refractivity contribution in [2.45, 2.75) is 6.18 Å². The summed E-state index contributed by atoms with van der Waals surface area (Å²) >= 11 is 0. The lowest BCUT2D eigenvalue weighted by Gasteiger charge is -2.06.